The lowest BCUT2D eigenvalue weighted by molar-refractivity contribution is -0.384. The van der Waals surface area contributed by atoms with Gasteiger partial charge in [0, 0.05) is 35.5 Å². The van der Waals surface area contributed by atoms with Crippen molar-refractivity contribution in [2.75, 3.05) is 0 Å². The molecule has 0 bridgehead atoms. The van der Waals surface area contributed by atoms with Gasteiger partial charge in [-0.3, -0.25) is 14.9 Å². The Morgan fingerprint density at radius 1 is 1.21 bits per heavy atom. The molecule has 0 saturated carbocycles. The van der Waals surface area contributed by atoms with Gasteiger partial charge in [0.2, 0.25) is 5.91 Å². The molecule has 1 amide bonds. The number of nitro benzene ring substituents is 1. The number of phenolic OH excluding ortho intramolecular Hbond substituents is 1. The Morgan fingerprint density at radius 3 is 2.61 bits per heavy atom. The topological polar surface area (TPSA) is 110 Å². The summed E-state index contributed by atoms with van der Waals surface area (Å²) in [6, 6.07) is 13.4. The Balaban J connectivity index is 1.72. The highest BCUT2D eigenvalue weighted by molar-refractivity contribution is 5.79. The molecule has 0 unspecified atom stereocenters. The molecule has 0 fully saturated rings. The molecule has 3 aromatic rings. The van der Waals surface area contributed by atoms with Crippen molar-refractivity contribution in [1.82, 2.24) is 15.1 Å². The third-order valence-corrected chi connectivity index (χ3v) is 4.53. The van der Waals surface area contributed by atoms with Crippen LogP contribution in [-0.2, 0) is 17.8 Å². The third kappa shape index (κ3) is 4.01. The van der Waals surface area contributed by atoms with Crippen molar-refractivity contribution in [2.45, 2.75) is 26.8 Å². The van der Waals surface area contributed by atoms with Gasteiger partial charge >= 0.3 is 0 Å². The minimum Gasteiger partial charge on any atom is -0.508 e. The Hall–Kier alpha value is -3.68. The number of hydrogen-bond donors (Lipinski definition) is 2. The Morgan fingerprint density at radius 2 is 1.93 bits per heavy atom. The van der Waals surface area contributed by atoms with Crippen LogP contribution in [0.1, 0.15) is 22.5 Å². The van der Waals surface area contributed by atoms with Crippen LogP contribution in [0.3, 0.4) is 0 Å². The van der Waals surface area contributed by atoms with Crippen LogP contribution in [0.15, 0.2) is 48.5 Å². The number of phenols is 1. The normalized spacial score (nSPS) is 10.6. The van der Waals surface area contributed by atoms with Gasteiger partial charge in [-0.25, -0.2) is 4.68 Å². The maximum Gasteiger partial charge on any atom is 0.270 e. The second-order valence-corrected chi connectivity index (χ2v) is 6.42. The minimum atomic E-state index is -0.546. The van der Waals surface area contributed by atoms with Crippen LogP contribution in [0.25, 0.3) is 5.69 Å². The molecule has 144 valence electrons. The number of rotatable bonds is 6. The highest BCUT2D eigenvalue weighted by atomic mass is 16.6. The molecule has 0 aliphatic rings. The van der Waals surface area contributed by atoms with Crippen molar-refractivity contribution >= 4 is 11.6 Å². The van der Waals surface area contributed by atoms with Gasteiger partial charge in [-0.05, 0) is 32.0 Å². The molecular formula is C20H20N4O4. The number of carbonyl (C=O) groups excluding carboxylic acids is 1. The van der Waals surface area contributed by atoms with Gasteiger partial charge in [0.25, 0.3) is 5.69 Å². The molecule has 2 N–H and O–H groups in total. The molecule has 0 atom stereocenters. The van der Waals surface area contributed by atoms with Crippen LogP contribution in [0, 0.1) is 24.0 Å². The highest BCUT2D eigenvalue weighted by Gasteiger charge is 2.17. The summed E-state index contributed by atoms with van der Waals surface area (Å²) < 4.78 is 1.80. The second-order valence-electron chi connectivity index (χ2n) is 6.42. The van der Waals surface area contributed by atoms with E-state index in [9.17, 15) is 20.0 Å². The Kier molecular flexibility index (Phi) is 5.39. The van der Waals surface area contributed by atoms with Crippen LogP contribution >= 0.6 is 0 Å². The number of nitrogens with zero attached hydrogens (tertiary/aromatic N) is 3. The molecule has 8 nitrogen and oxygen atoms in total. The summed E-state index contributed by atoms with van der Waals surface area (Å²) in [5.74, 6) is -0.361. The number of carbonyl (C=O) groups is 1. The van der Waals surface area contributed by atoms with E-state index in [1.807, 2.05) is 44.2 Å². The number of aromatic hydroxyl groups is 1. The quantitative estimate of drug-likeness (QED) is 0.505. The van der Waals surface area contributed by atoms with Gasteiger partial charge in [-0.1, -0.05) is 18.2 Å². The molecule has 0 radical (unpaired) electrons. The van der Waals surface area contributed by atoms with Crippen molar-refractivity contribution in [3.05, 3.63) is 81.2 Å². The fourth-order valence-corrected chi connectivity index (χ4v) is 3.00. The van der Waals surface area contributed by atoms with Gasteiger partial charge in [-0.2, -0.15) is 5.10 Å². The second kappa shape index (κ2) is 7.91. The monoisotopic (exact) mass is 380 g/mol. The zero-order valence-corrected chi connectivity index (χ0v) is 15.5. The van der Waals surface area contributed by atoms with Crippen LogP contribution in [0.2, 0.25) is 0 Å². The van der Waals surface area contributed by atoms with Crippen molar-refractivity contribution in [3.8, 4) is 11.4 Å². The summed E-state index contributed by atoms with van der Waals surface area (Å²) in [7, 11) is 0. The summed E-state index contributed by atoms with van der Waals surface area (Å²) in [6.07, 6.45) is 0.125. The Bertz CT molecular complexity index is 1030. The first-order valence-electron chi connectivity index (χ1n) is 8.70. The number of amides is 1. The SMILES string of the molecule is Cc1nn(-c2ccccc2)c(C)c1CC(=O)NCc1cc([N+](=O)[O-])ccc1O. The van der Waals surface area contributed by atoms with E-state index >= 15 is 0 Å². The lowest BCUT2D eigenvalue weighted by atomic mass is 10.1. The number of benzene rings is 2. The molecule has 0 aliphatic heterocycles. The van der Waals surface area contributed by atoms with E-state index in [0.29, 0.717) is 0 Å². The standard InChI is InChI=1S/C20H20N4O4/c1-13-18(14(2)23(22-13)16-6-4-3-5-7-16)11-20(26)21-12-15-10-17(24(27)28)8-9-19(15)25/h3-10,25H,11-12H2,1-2H3,(H,21,26). The number of hydrogen-bond acceptors (Lipinski definition) is 5. The lowest BCUT2D eigenvalue weighted by Crippen LogP contribution is -2.25. The van der Waals surface area contributed by atoms with E-state index in [1.54, 1.807) is 4.68 Å². The van der Waals surface area contributed by atoms with Crippen molar-refractivity contribution in [3.63, 3.8) is 0 Å². The van der Waals surface area contributed by atoms with E-state index in [1.165, 1.54) is 18.2 Å². The maximum absolute atomic E-state index is 12.4. The van der Waals surface area contributed by atoms with E-state index < -0.39 is 4.92 Å². The zero-order chi connectivity index (χ0) is 20.3. The highest BCUT2D eigenvalue weighted by Crippen LogP contribution is 2.23. The predicted octanol–water partition coefficient (Wildman–Crippen LogP) is 2.96. The van der Waals surface area contributed by atoms with E-state index in [4.69, 9.17) is 0 Å². The number of nitro groups is 1. The molecule has 0 spiro atoms. The fraction of sp³-hybridized carbons (Fsp3) is 0.200. The summed E-state index contributed by atoms with van der Waals surface area (Å²) in [5.41, 5.74) is 3.52. The summed E-state index contributed by atoms with van der Waals surface area (Å²) in [6.45, 7) is 3.75. The number of nitrogens with one attached hydrogen (secondary N) is 1. The van der Waals surface area contributed by atoms with Gasteiger partial charge in [-0.15, -0.1) is 0 Å². The first kappa shape index (κ1) is 19.1. The van der Waals surface area contributed by atoms with E-state index in [0.717, 1.165) is 22.6 Å². The van der Waals surface area contributed by atoms with Gasteiger partial charge < -0.3 is 10.4 Å². The van der Waals surface area contributed by atoms with Crippen molar-refractivity contribution < 1.29 is 14.8 Å². The molecule has 1 aromatic heterocycles. The van der Waals surface area contributed by atoms with Gasteiger partial charge in [0.1, 0.15) is 5.75 Å². The van der Waals surface area contributed by atoms with E-state index in [-0.39, 0.29) is 35.9 Å². The average Bonchev–Trinajstić information content (AvgIpc) is 2.96. The summed E-state index contributed by atoms with van der Waals surface area (Å²) >= 11 is 0. The molecule has 3 rings (SSSR count). The van der Waals surface area contributed by atoms with Gasteiger partial charge in [0.05, 0.1) is 22.7 Å². The number of aryl methyl sites for hydroxylation is 1. The fourth-order valence-electron chi connectivity index (χ4n) is 3.00. The smallest absolute Gasteiger partial charge is 0.270 e. The van der Waals surface area contributed by atoms with Crippen LogP contribution in [0.5, 0.6) is 5.75 Å². The Labute approximate surface area is 161 Å². The molecule has 1 heterocycles. The largest absolute Gasteiger partial charge is 0.508 e. The van der Waals surface area contributed by atoms with Crippen molar-refractivity contribution in [2.24, 2.45) is 0 Å². The molecule has 8 heteroatoms. The maximum atomic E-state index is 12.4. The molecule has 0 aliphatic carbocycles. The third-order valence-electron chi connectivity index (χ3n) is 4.53. The molecule has 0 saturated heterocycles. The van der Waals surface area contributed by atoms with Crippen molar-refractivity contribution in [1.29, 1.82) is 0 Å². The van der Waals surface area contributed by atoms with Crippen LogP contribution in [0.4, 0.5) is 5.69 Å². The molecular weight excluding hydrogens is 360 g/mol. The summed E-state index contributed by atoms with van der Waals surface area (Å²) in [4.78, 5) is 22.7. The predicted molar refractivity (Wildman–Crippen MR) is 103 cm³/mol. The average molecular weight is 380 g/mol. The first-order valence-corrected chi connectivity index (χ1v) is 8.70. The summed E-state index contributed by atoms with van der Waals surface area (Å²) in [5, 5.41) is 27.9. The number of non-ortho nitro benzene ring substituents is 1. The first-order chi connectivity index (χ1) is 13.4. The molecule has 28 heavy (non-hydrogen) atoms. The zero-order valence-electron chi connectivity index (χ0n) is 15.5. The van der Waals surface area contributed by atoms with Crippen LogP contribution in [-0.4, -0.2) is 25.7 Å². The lowest BCUT2D eigenvalue weighted by Gasteiger charge is -2.08. The minimum absolute atomic E-state index is 0.00271. The van der Waals surface area contributed by atoms with E-state index in [2.05, 4.69) is 10.4 Å². The van der Waals surface area contributed by atoms with Crippen LogP contribution < -0.4 is 5.32 Å². The number of aromatic nitrogens is 2. The number of para-hydroxylation sites is 1. The molecule has 2 aromatic carbocycles. The van der Waals surface area contributed by atoms with Gasteiger partial charge in [0.15, 0.2) is 0 Å².